The lowest BCUT2D eigenvalue weighted by Gasteiger charge is -2.61. The highest BCUT2D eigenvalue weighted by Crippen LogP contribution is 2.63. The van der Waals surface area contributed by atoms with Crippen molar-refractivity contribution in [3.63, 3.8) is 0 Å². The topological polar surface area (TPSA) is 85.2 Å². The maximum atomic E-state index is 13.1. The van der Waals surface area contributed by atoms with E-state index in [9.17, 15) is 14.6 Å². The molecule has 0 aromatic heterocycles. The van der Waals surface area contributed by atoms with Crippen LogP contribution in [0.15, 0.2) is 10.4 Å². The molecular formula is C19H30N2O4. The Balaban J connectivity index is 1.87. The predicted molar refractivity (Wildman–Crippen MR) is 94.9 cm³/mol. The Labute approximate surface area is 149 Å². The van der Waals surface area contributed by atoms with Gasteiger partial charge in [-0.15, -0.1) is 0 Å². The van der Waals surface area contributed by atoms with Gasteiger partial charge in [-0.25, -0.2) is 0 Å². The second kappa shape index (κ2) is 5.85. The van der Waals surface area contributed by atoms with Gasteiger partial charge in [-0.2, -0.15) is 9.81 Å². The molecule has 6 nitrogen and oxygen atoms in total. The van der Waals surface area contributed by atoms with Gasteiger partial charge in [-0.05, 0) is 50.9 Å². The van der Waals surface area contributed by atoms with Gasteiger partial charge in [0.05, 0.1) is 5.41 Å². The van der Waals surface area contributed by atoms with Crippen molar-refractivity contribution in [2.75, 3.05) is 0 Å². The third-order valence-electron chi connectivity index (χ3n) is 6.79. The summed E-state index contributed by atoms with van der Waals surface area (Å²) >= 11 is 0. The minimum absolute atomic E-state index is 0.192. The number of carbonyl (C=O) groups is 1. The lowest BCUT2D eigenvalue weighted by Crippen LogP contribution is -2.66. The first-order chi connectivity index (χ1) is 11.6. The summed E-state index contributed by atoms with van der Waals surface area (Å²) in [5.41, 5.74) is -2.85. The van der Waals surface area contributed by atoms with Gasteiger partial charge in [-0.1, -0.05) is 31.1 Å². The number of rotatable bonds is 7. The van der Waals surface area contributed by atoms with E-state index in [1.54, 1.807) is 0 Å². The van der Waals surface area contributed by atoms with Crippen molar-refractivity contribution < 1.29 is 9.53 Å². The van der Waals surface area contributed by atoms with Crippen molar-refractivity contribution in [2.45, 2.75) is 95.7 Å². The summed E-state index contributed by atoms with van der Waals surface area (Å²) in [6.07, 6.45) is 4.91. The van der Waals surface area contributed by atoms with E-state index >= 15 is 0 Å². The standard InChI is InChI=1S/C19H30N2O4/c1-5-16(4,6-13(2)3)15(22)25-19-9-14-7-17(11-19,20-23)10-18(8-14,12-19)21-24/h13-14H,5-12H2,1-4H3. The molecule has 4 saturated carbocycles. The minimum Gasteiger partial charge on any atom is -0.458 e. The number of hydrogen-bond donors (Lipinski definition) is 0. The summed E-state index contributed by atoms with van der Waals surface area (Å²) < 4.78 is 6.12. The molecule has 0 heterocycles. The minimum atomic E-state index is -0.783. The van der Waals surface area contributed by atoms with E-state index in [4.69, 9.17) is 4.74 Å². The highest BCUT2D eigenvalue weighted by Gasteiger charge is 2.67. The molecule has 4 aliphatic carbocycles. The van der Waals surface area contributed by atoms with Gasteiger partial charge in [0.15, 0.2) is 0 Å². The third kappa shape index (κ3) is 3.02. The highest BCUT2D eigenvalue weighted by atomic mass is 16.6. The average molecular weight is 350 g/mol. The van der Waals surface area contributed by atoms with Gasteiger partial charge in [0, 0.05) is 19.3 Å². The van der Waals surface area contributed by atoms with Gasteiger partial charge in [0.2, 0.25) is 0 Å². The Kier molecular flexibility index (Phi) is 4.32. The average Bonchev–Trinajstić information content (AvgIpc) is 2.52. The Bertz CT molecular complexity index is 566. The van der Waals surface area contributed by atoms with Crippen molar-refractivity contribution in [1.29, 1.82) is 0 Å². The van der Waals surface area contributed by atoms with E-state index < -0.39 is 22.1 Å². The van der Waals surface area contributed by atoms with Crippen LogP contribution in [-0.4, -0.2) is 22.6 Å². The summed E-state index contributed by atoms with van der Waals surface area (Å²) in [5, 5.41) is 6.83. The first-order valence-corrected chi connectivity index (χ1v) is 9.56. The monoisotopic (exact) mass is 350 g/mol. The van der Waals surface area contributed by atoms with Gasteiger partial charge in [0.25, 0.3) is 0 Å². The van der Waals surface area contributed by atoms with E-state index in [1.165, 1.54) is 0 Å². The zero-order chi connectivity index (χ0) is 18.5. The van der Waals surface area contributed by atoms with Crippen molar-refractivity contribution in [1.82, 2.24) is 0 Å². The van der Waals surface area contributed by atoms with E-state index in [0.717, 1.165) is 12.8 Å². The fourth-order valence-corrected chi connectivity index (χ4v) is 6.16. The molecule has 6 heteroatoms. The molecule has 4 aliphatic rings. The fraction of sp³-hybridized carbons (Fsp3) is 0.947. The maximum absolute atomic E-state index is 13.1. The lowest BCUT2D eigenvalue weighted by molar-refractivity contribution is -0.202. The van der Waals surface area contributed by atoms with Crippen LogP contribution < -0.4 is 0 Å². The van der Waals surface area contributed by atoms with Crippen LogP contribution in [-0.2, 0) is 9.53 Å². The van der Waals surface area contributed by atoms with Gasteiger partial charge in [0.1, 0.15) is 16.7 Å². The highest BCUT2D eigenvalue weighted by molar-refractivity contribution is 5.77. The maximum Gasteiger partial charge on any atom is 0.312 e. The SMILES string of the molecule is CCC(C)(CC(C)C)C(=O)OC12CC3CC(N=O)(CC(N=O)(C3)C1)C2. The Morgan fingerprint density at radius 1 is 1.12 bits per heavy atom. The van der Waals surface area contributed by atoms with Crippen molar-refractivity contribution in [3.05, 3.63) is 9.81 Å². The molecule has 0 saturated heterocycles. The molecule has 3 atom stereocenters. The summed E-state index contributed by atoms with van der Waals surface area (Å²) in [6.45, 7) is 8.16. The van der Waals surface area contributed by atoms with E-state index in [1.807, 2.05) is 13.8 Å². The fourth-order valence-electron chi connectivity index (χ4n) is 6.16. The van der Waals surface area contributed by atoms with Crippen LogP contribution >= 0.6 is 0 Å². The molecule has 4 rings (SSSR count). The zero-order valence-electron chi connectivity index (χ0n) is 15.8. The van der Waals surface area contributed by atoms with Crippen molar-refractivity contribution in [2.24, 2.45) is 27.6 Å². The molecule has 25 heavy (non-hydrogen) atoms. The quantitative estimate of drug-likeness (QED) is 0.490. The van der Waals surface area contributed by atoms with Crippen LogP contribution in [0, 0.1) is 27.1 Å². The second-order valence-electron chi connectivity index (χ2n) is 9.72. The van der Waals surface area contributed by atoms with E-state index in [2.05, 4.69) is 24.2 Å². The molecule has 0 radical (unpaired) electrons. The normalized spacial score (nSPS) is 41.4. The van der Waals surface area contributed by atoms with Crippen LogP contribution in [0.25, 0.3) is 0 Å². The molecule has 0 N–H and O–H groups in total. The van der Waals surface area contributed by atoms with E-state index in [-0.39, 0.29) is 11.9 Å². The molecular weight excluding hydrogens is 320 g/mol. The first-order valence-electron chi connectivity index (χ1n) is 9.56. The molecule has 0 amide bonds. The predicted octanol–water partition coefficient (Wildman–Crippen LogP) is 4.74. The number of ether oxygens (including phenoxy) is 1. The Hall–Kier alpha value is -1.33. The Morgan fingerprint density at radius 2 is 1.68 bits per heavy atom. The number of carbonyl (C=O) groups excluding carboxylic acids is 1. The van der Waals surface area contributed by atoms with Crippen LogP contribution in [0.4, 0.5) is 0 Å². The molecule has 0 aromatic carbocycles. The van der Waals surface area contributed by atoms with Crippen molar-refractivity contribution >= 4 is 5.97 Å². The number of nitrogens with zero attached hydrogens (tertiary/aromatic N) is 2. The van der Waals surface area contributed by atoms with E-state index in [0.29, 0.717) is 44.4 Å². The van der Waals surface area contributed by atoms with Gasteiger partial charge in [-0.3, -0.25) is 4.79 Å². The largest absolute Gasteiger partial charge is 0.458 e. The Morgan fingerprint density at radius 3 is 2.12 bits per heavy atom. The zero-order valence-corrected chi connectivity index (χ0v) is 15.8. The molecule has 4 fully saturated rings. The third-order valence-corrected chi connectivity index (χ3v) is 6.79. The van der Waals surface area contributed by atoms with Crippen LogP contribution in [0.1, 0.15) is 79.1 Å². The van der Waals surface area contributed by atoms with Gasteiger partial charge >= 0.3 is 5.97 Å². The summed E-state index contributed by atoms with van der Waals surface area (Å²) in [6, 6.07) is 0. The van der Waals surface area contributed by atoms with Crippen LogP contribution in [0.5, 0.6) is 0 Å². The molecule has 4 bridgehead atoms. The summed E-state index contributed by atoms with van der Waals surface area (Å²) in [7, 11) is 0. The molecule has 3 unspecified atom stereocenters. The summed E-state index contributed by atoms with van der Waals surface area (Å²) in [4.78, 5) is 36.3. The number of hydrogen-bond acceptors (Lipinski definition) is 6. The second-order valence-corrected chi connectivity index (χ2v) is 9.72. The lowest BCUT2D eigenvalue weighted by atomic mass is 9.48. The smallest absolute Gasteiger partial charge is 0.312 e. The number of esters is 1. The van der Waals surface area contributed by atoms with Crippen molar-refractivity contribution in [3.8, 4) is 0 Å². The molecule has 0 spiro atoms. The molecule has 0 aliphatic heterocycles. The van der Waals surface area contributed by atoms with Gasteiger partial charge < -0.3 is 4.74 Å². The molecule has 0 aromatic rings. The number of nitroso groups, excluding NO2 is 2. The molecule has 140 valence electrons. The first kappa shape index (κ1) is 18.5. The van der Waals surface area contributed by atoms with Crippen LogP contribution in [0.2, 0.25) is 0 Å². The van der Waals surface area contributed by atoms with Crippen LogP contribution in [0.3, 0.4) is 0 Å². The summed E-state index contributed by atoms with van der Waals surface area (Å²) in [5.74, 6) is 0.380.